The van der Waals surface area contributed by atoms with Crippen LogP contribution in [0, 0.1) is 0 Å². The van der Waals surface area contributed by atoms with Crippen LogP contribution in [0.25, 0.3) is 0 Å². The lowest BCUT2D eigenvalue weighted by Crippen LogP contribution is -1.98. The molecule has 0 aliphatic rings. The highest BCUT2D eigenvalue weighted by atomic mass is 35.5. The summed E-state index contributed by atoms with van der Waals surface area (Å²) in [6, 6.07) is 8.55. The fraction of sp³-hybridized carbons (Fsp3) is 0. The Morgan fingerprint density at radius 3 is 2.38 bits per heavy atom. The molecule has 3 heteroatoms. The normalized spacial score (nSPS) is 11.0. The third-order valence-corrected chi connectivity index (χ3v) is 1.76. The van der Waals surface area contributed by atoms with Crippen LogP contribution in [0.2, 0.25) is 0 Å². The van der Waals surface area contributed by atoms with E-state index >= 15 is 0 Å². The summed E-state index contributed by atoms with van der Waals surface area (Å²) in [6.07, 6.45) is 1.53. The fourth-order valence-electron chi connectivity index (χ4n) is 0.863. The number of hydrogen-bond donors (Lipinski definition) is 0. The van der Waals surface area contributed by atoms with Gasteiger partial charge in [0, 0.05) is 11.6 Å². The Balaban J connectivity index is 2.92. The van der Waals surface area contributed by atoms with Gasteiger partial charge in [0.1, 0.15) is 6.29 Å². The Morgan fingerprint density at radius 1 is 1.23 bits per heavy atom. The molecule has 0 atom stereocenters. The molecule has 0 saturated heterocycles. The maximum absolute atomic E-state index is 11.4. The molecular formula is C10H7ClO2. The van der Waals surface area contributed by atoms with E-state index in [1.54, 1.807) is 30.3 Å². The standard InChI is InChI=1S/C10H7ClO2/c11-9(6-7-12)10(13)8-4-2-1-3-5-8/h1-7H. The van der Waals surface area contributed by atoms with Gasteiger partial charge in [-0.2, -0.15) is 0 Å². The minimum absolute atomic E-state index is 0.0683. The summed E-state index contributed by atoms with van der Waals surface area (Å²) in [6.45, 7) is 0. The van der Waals surface area contributed by atoms with Crippen LogP contribution in [-0.2, 0) is 4.79 Å². The van der Waals surface area contributed by atoms with Crippen molar-refractivity contribution in [3.05, 3.63) is 47.0 Å². The van der Waals surface area contributed by atoms with Crippen molar-refractivity contribution in [3.8, 4) is 0 Å². The highest BCUT2D eigenvalue weighted by Gasteiger charge is 2.07. The van der Waals surface area contributed by atoms with Gasteiger partial charge in [-0.15, -0.1) is 0 Å². The molecule has 13 heavy (non-hydrogen) atoms. The van der Waals surface area contributed by atoms with E-state index in [0.717, 1.165) is 6.08 Å². The Bertz CT molecular complexity index is 341. The van der Waals surface area contributed by atoms with Gasteiger partial charge >= 0.3 is 0 Å². The molecule has 0 unspecified atom stereocenters. The number of hydrogen-bond acceptors (Lipinski definition) is 2. The van der Waals surface area contributed by atoms with Crippen LogP contribution in [0.4, 0.5) is 0 Å². The number of aldehydes is 1. The second-order valence-corrected chi connectivity index (χ2v) is 2.75. The zero-order valence-electron chi connectivity index (χ0n) is 6.74. The molecule has 0 fully saturated rings. The SMILES string of the molecule is O=CC=C(Cl)C(=O)c1ccccc1. The van der Waals surface area contributed by atoms with Gasteiger partial charge in [0.05, 0.1) is 5.03 Å². The van der Waals surface area contributed by atoms with Gasteiger partial charge in [-0.1, -0.05) is 41.9 Å². The highest BCUT2D eigenvalue weighted by Crippen LogP contribution is 2.10. The van der Waals surface area contributed by atoms with Crippen molar-refractivity contribution in [2.24, 2.45) is 0 Å². The minimum Gasteiger partial charge on any atom is -0.299 e. The van der Waals surface area contributed by atoms with E-state index in [0.29, 0.717) is 11.8 Å². The van der Waals surface area contributed by atoms with Crippen LogP contribution < -0.4 is 0 Å². The Hall–Kier alpha value is -1.41. The van der Waals surface area contributed by atoms with E-state index in [1.807, 2.05) is 0 Å². The van der Waals surface area contributed by atoms with Crippen LogP contribution in [0.5, 0.6) is 0 Å². The van der Waals surface area contributed by atoms with Crippen LogP contribution in [0.1, 0.15) is 10.4 Å². The largest absolute Gasteiger partial charge is 0.299 e. The molecular weight excluding hydrogens is 188 g/mol. The van der Waals surface area contributed by atoms with Gasteiger partial charge in [0.15, 0.2) is 0 Å². The summed E-state index contributed by atoms with van der Waals surface area (Å²) in [5.41, 5.74) is 0.477. The van der Waals surface area contributed by atoms with E-state index in [4.69, 9.17) is 11.6 Å². The fourth-order valence-corrected chi connectivity index (χ4v) is 1.02. The Morgan fingerprint density at radius 2 is 1.85 bits per heavy atom. The van der Waals surface area contributed by atoms with E-state index in [9.17, 15) is 9.59 Å². The number of rotatable bonds is 3. The molecule has 0 bridgehead atoms. The molecule has 1 aromatic rings. The maximum Gasteiger partial charge on any atom is 0.204 e. The first kappa shape index (κ1) is 9.68. The lowest BCUT2D eigenvalue weighted by molar-refractivity contribution is -0.104. The summed E-state index contributed by atoms with van der Waals surface area (Å²) in [7, 11) is 0. The van der Waals surface area contributed by atoms with Crippen molar-refractivity contribution in [1.29, 1.82) is 0 Å². The predicted molar refractivity (Wildman–Crippen MR) is 50.8 cm³/mol. The number of carbonyl (C=O) groups is 2. The number of carbonyl (C=O) groups excluding carboxylic acids is 2. The third-order valence-electron chi connectivity index (χ3n) is 1.47. The quantitative estimate of drug-likeness (QED) is 0.420. The summed E-state index contributed by atoms with van der Waals surface area (Å²) < 4.78 is 0. The van der Waals surface area contributed by atoms with E-state index in [2.05, 4.69) is 0 Å². The van der Waals surface area contributed by atoms with Gasteiger partial charge in [0.2, 0.25) is 5.78 Å². The molecule has 0 heterocycles. The summed E-state index contributed by atoms with van der Waals surface area (Å²) >= 11 is 5.55. The molecule has 0 aliphatic carbocycles. The first-order valence-electron chi connectivity index (χ1n) is 3.66. The zero-order chi connectivity index (χ0) is 9.68. The molecule has 0 N–H and O–H groups in total. The molecule has 1 rings (SSSR count). The second-order valence-electron chi connectivity index (χ2n) is 2.35. The van der Waals surface area contributed by atoms with Gasteiger partial charge in [-0.25, -0.2) is 0 Å². The summed E-state index contributed by atoms with van der Waals surface area (Å²) in [4.78, 5) is 21.4. The Labute approximate surface area is 80.8 Å². The molecule has 0 spiro atoms. The molecule has 66 valence electrons. The van der Waals surface area contributed by atoms with Gasteiger partial charge in [-0.3, -0.25) is 9.59 Å². The average molecular weight is 195 g/mol. The van der Waals surface area contributed by atoms with E-state index < -0.39 is 0 Å². The minimum atomic E-state index is -0.339. The first-order chi connectivity index (χ1) is 6.25. The van der Waals surface area contributed by atoms with Crippen LogP contribution in [-0.4, -0.2) is 12.1 Å². The molecule has 0 aromatic heterocycles. The second kappa shape index (κ2) is 4.58. The first-order valence-corrected chi connectivity index (χ1v) is 4.04. The summed E-state index contributed by atoms with van der Waals surface area (Å²) in [5, 5.41) is -0.0683. The number of ketones is 1. The number of benzene rings is 1. The van der Waals surface area contributed by atoms with Crippen molar-refractivity contribution >= 4 is 23.7 Å². The van der Waals surface area contributed by atoms with E-state index in [-0.39, 0.29) is 10.8 Å². The van der Waals surface area contributed by atoms with E-state index in [1.165, 1.54) is 0 Å². The van der Waals surface area contributed by atoms with Gasteiger partial charge in [-0.05, 0) is 0 Å². The third kappa shape index (κ3) is 2.53. The molecule has 0 radical (unpaired) electrons. The Kier molecular flexibility index (Phi) is 3.41. The topological polar surface area (TPSA) is 34.1 Å². The van der Waals surface area contributed by atoms with Gasteiger partial charge in [0.25, 0.3) is 0 Å². The highest BCUT2D eigenvalue weighted by molar-refractivity contribution is 6.45. The lowest BCUT2D eigenvalue weighted by Gasteiger charge is -1.96. The monoisotopic (exact) mass is 194 g/mol. The van der Waals surface area contributed by atoms with Gasteiger partial charge < -0.3 is 0 Å². The smallest absolute Gasteiger partial charge is 0.204 e. The number of halogens is 1. The van der Waals surface area contributed by atoms with Crippen molar-refractivity contribution in [1.82, 2.24) is 0 Å². The molecule has 1 aromatic carbocycles. The van der Waals surface area contributed by atoms with Crippen molar-refractivity contribution in [2.45, 2.75) is 0 Å². The molecule has 2 nitrogen and oxygen atoms in total. The average Bonchev–Trinajstić information content (AvgIpc) is 2.18. The molecule has 0 amide bonds. The summed E-state index contributed by atoms with van der Waals surface area (Å²) in [5.74, 6) is -0.339. The molecule has 0 saturated carbocycles. The number of allylic oxidation sites excluding steroid dienone is 2. The van der Waals surface area contributed by atoms with Crippen molar-refractivity contribution in [3.63, 3.8) is 0 Å². The van der Waals surface area contributed by atoms with Crippen LogP contribution in [0.3, 0.4) is 0 Å². The molecule has 0 aliphatic heterocycles. The maximum atomic E-state index is 11.4. The van der Waals surface area contributed by atoms with Crippen LogP contribution >= 0.6 is 11.6 Å². The predicted octanol–water partition coefficient (Wildman–Crippen LogP) is 2.19. The van der Waals surface area contributed by atoms with Crippen LogP contribution in [0.15, 0.2) is 41.4 Å². The van der Waals surface area contributed by atoms with Crippen molar-refractivity contribution < 1.29 is 9.59 Å². The van der Waals surface area contributed by atoms with Crippen molar-refractivity contribution in [2.75, 3.05) is 0 Å². The lowest BCUT2D eigenvalue weighted by atomic mass is 10.1. The zero-order valence-corrected chi connectivity index (χ0v) is 7.49. The number of Topliss-reactive ketones (excluding diaryl/α,β-unsaturated/α-hetero) is 1.